The van der Waals surface area contributed by atoms with Gasteiger partial charge in [-0.15, -0.1) is 11.3 Å². The number of rotatable bonds is 3. The summed E-state index contributed by atoms with van der Waals surface area (Å²) in [6, 6.07) is 2.38. The van der Waals surface area contributed by atoms with Crippen LogP contribution < -0.4 is 5.73 Å². The summed E-state index contributed by atoms with van der Waals surface area (Å²) in [5.74, 6) is -0.749. The number of aromatic nitrogens is 1. The lowest BCUT2D eigenvalue weighted by molar-refractivity contribution is 0.594. The van der Waals surface area contributed by atoms with Crippen LogP contribution in [0.4, 0.5) is 8.78 Å². The first-order valence-corrected chi connectivity index (χ1v) is 6.52. The van der Waals surface area contributed by atoms with Crippen LogP contribution in [0.2, 0.25) is 0 Å². The Morgan fingerprint density at radius 1 is 1.33 bits per heavy atom. The number of hydrogen-bond donors (Lipinski definition) is 1. The molecular weight excluding hydrogens is 254 g/mol. The van der Waals surface area contributed by atoms with E-state index in [1.807, 2.05) is 6.92 Å². The van der Waals surface area contributed by atoms with Crippen molar-refractivity contribution in [3.05, 3.63) is 39.7 Å². The minimum absolute atomic E-state index is 0.127. The Hall–Kier alpha value is -1.33. The van der Waals surface area contributed by atoms with Crippen LogP contribution in [-0.4, -0.2) is 11.5 Å². The van der Waals surface area contributed by atoms with Crippen molar-refractivity contribution in [1.29, 1.82) is 0 Å². The molecule has 96 valence electrons. The Balaban J connectivity index is 2.43. The average Bonchev–Trinajstić information content (AvgIpc) is 2.82. The van der Waals surface area contributed by atoms with Gasteiger partial charge in [0.1, 0.15) is 11.6 Å². The van der Waals surface area contributed by atoms with Gasteiger partial charge in [-0.05, 0) is 24.6 Å². The van der Waals surface area contributed by atoms with Gasteiger partial charge in [0.2, 0.25) is 0 Å². The summed E-state index contributed by atoms with van der Waals surface area (Å²) < 4.78 is 27.2. The summed E-state index contributed by atoms with van der Waals surface area (Å²) >= 11 is 1.42. The minimum Gasteiger partial charge on any atom is -0.330 e. The van der Waals surface area contributed by atoms with Crippen molar-refractivity contribution >= 4 is 11.3 Å². The SMILES string of the molecule is Cc1cc(F)c(-c2csc(C(C)CN)n2)cc1F. The summed E-state index contributed by atoms with van der Waals surface area (Å²) in [6.45, 7) is 3.97. The lowest BCUT2D eigenvalue weighted by Gasteiger charge is -2.04. The zero-order valence-electron chi connectivity index (χ0n) is 10.2. The Labute approximate surface area is 108 Å². The highest BCUT2D eigenvalue weighted by Crippen LogP contribution is 2.29. The maximum Gasteiger partial charge on any atom is 0.133 e. The van der Waals surface area contributed by atoms with Crippen LogP contribution in [0.25, 0.3) is 11.3 Å². The Morgan fingerprint density at radius 2 is 2.06 bits per heavy atom. The van der Waals surface area contributed by atoms with E-state index in [1.165, 1.54) is 30.4 Å². The fraction of sp³-hybridized carbons (Fsp3) is 0.308. The van der Waals surface area contributed by atoms with E-state index in [0.717, 1.165) is 5.01 Å². The molecule has 0 aliphatic heterocycles. The molecule has 1 atom stereocenters. The van der Waals surface area contributed by atoms with E-state index < -0.39 is 11.6 Å². The lowest BCUT2D eigenvalue weighted by atomic mass is 10.1. The normalized spacial score (nSPS) is 12.7. The third-order valence-corrected chi connectivity index (χ3v) is 3.90. The van der Waals surface area contributed by atoms with Crippen molar-refractivity contribution in [1.82, 2.24) is 4.98 Å². The van der Waals surface area contributed by atoms with Crippen molar-refractivity contribution in [3.63, 3.8) is 0 Å². The van der Waals surface area contributed by atoms with Crippen molar-refractivity contribution in [2.75, 3.05) is 6.54 Å². The van der Waals surface area contributed by atoms with Crippen molar-refractivity contribution in [3.8, 4) is 11.3 Å². The summed E-state index contributed by atoms with van der Waals surface area (Å²) in [5, 5.41) is 2.57. The molecule has 0 aliphatic rings. The van der Waals surface area contributed by atoms with E-state index in [4.69, 9.17) is 5.73 Å². The fourth-order valence-corrected chi connectivity index (χ4v) is 2.47. The third kappa shape index (κ3) is 2.42. The van der Waals surface area contributed by atoms with Gasteiger partial charge >= 0.3 is 0 Å². The van der Waals surface area contributed by atoms with Crippen LogP contribution in [0.15, 0.2) is 17.5 Å². The molecule has 0 amide bonds. The van der Waals surface area contributed by atoms with Gasteiger partial charge in [-0.2, -0.15) is 0 Å². The van der Waals surface area contributed by atoms with Gasteiger partial charge in [-0.3, -0.25) is 0 Å². The second kappa shape index (κ2) is 5.12. The van der Waals surface area contributed by atoms with Gasteiger partial charge in [0.25, 0.3) is 0 Å². The Morgan fingerprint density at radius 3 is 2.72 bits per heavy atom. The highest BCUT2D eigenvalue weighted by molar-refractivity contribution is 7.10. The van der Waals surface area contributed by atoms with Gasteiger partial charge in [-0.25, -0.2) is 13.8 Å². The van der Waals surface area contributed by atoms with Gasteiger partial charge in [0.15, 0.2) is 0 Å². The number of thiazole rings is 1. The first kappa shape index (κ1) is 13.1. The fourth-order valence-electron chi connectivity index (χ4n) is 1.58. The van der Waals surface area contributed by atoms with Crippen LogP contribution in [0, 0.1) is 18.6 Å². The third-order valence-electron chi connectivity index (χ3n) is 2.82. The molecule has 0 saturated carbocycles. The van der Waals surface area contributed by atoms with Crippen LogP contribution in [0.3, 0.4) is 0 Å². The van der Waals surface area contributed by atoms with E-state index in [1.54, 1.807) is 5.38 Å². The Bertz CT molecular complexity index is 566. The summed E-state index contributed by atoms with van der Waals surface area (Å²) in [6.07, 6.45) is 0. The monoisotopic (exact) mass is 268 g/mol. The van der Waals surface area contributed by atoms with E-state index >= 15 is 0 Å². The van der Waals surface area contributed by atoms with E-state index in [0.29, 0.717) is 17.8 Å². The molecule has 0 bridgehead atoms. The molecule has 1 unspecified atom stereocenters. The molecule has 0 fully saturated rings. The van der Waals surface area contributed by atoms with Gasteiger partial charge < -0.3 is 5.73 Å². The second-order valence-electron chi connectivity index (χ2n) is 4.29. The zero-order valence-corrected chi connectivity index (χ0v) is 11.0. The quantitative estimate of drug-likeness (QED) is 0.926. The van der Waals surface area contributed by atoms with Crippen LogP contribution >= 0.6 is 11.3 Å². The molecule has 5 heteroatoms. The first-order valence-electron chi connectivity index (χ1n) is 5.64. The van der Waals surface area contributed by atoms with E-state index in [-0.39, 0.29) is 11.5 Å². The lowest BCUT2D eigenvalue weighted by Crippen LogP contribution is -2.08. The molecule has 18 heavy (non-hydrogen) atoms. The standard InChI is InChI=1S/C13H14F2N2S/c1-7-3-11(15)9(4-10(7)14)12-6-18-13(17-12)8(2)5-16/h3-4,6,8H,5,16H2,1-2H3. The second-order valence-corrected chi connectivity index (χ2v) is 5.18. The topological polar surface area (TPSA) is 38.9 Å². The number of benzene rings is 1. The van der Waals surface area contributed by atoms with Crippen LogP contribution in [0.5, 0.6) is 0 Å². The highest BCUT2D eigenvalue weighted by Gasteiger charge is 2.14. The molecule has 0 radical (unpaired) electrons. The molecule has 2 N–H and O–H groups in total. The smallest absolute Gasteiger partial charge is 0.133 e. The number of nitrogens with zero attached hydrogens (tertiary/aromatic N) is 1. The number of hydrogen-bond acceptors (Lipinski definition) is 3. The predicted molar refractivity (Wildman–Crippen MR) is 69.7 cm³/mol. The minimum atomic E-state index is -0.453. The predicted octanol–water partition coefficient (Wildman–Crippen LogP) is 3.46. The molecule has 1 aromatic carbocycles. The van der Waals surface area contributed by atoms with E-state index in [2.05, 4.69) is 4.98 Å². The molecule has 1 aromatic heterocycles. The maximum atomic E-state index is 13.8. The zero-order chi connectivity index (χ0) is 13.3. The first-order chi connectivity index (χ1) is 8.52. The number of halogens is 2. The van der Waals surface area contributed by atoms with Crippen molar-refractivity contribution in [2.24, 2.45) is 5.73 Å². The van der Waals surface area contributed by atoms with Crippen LogP contribution in [0.1, 0.15) is 23.4 Å². The van der Waals surface area contributed by atoms with Gasteiger partial charge in [0.05, 0.1) is 10.7 Å². The molecule has 0 saturated heterocycles. The molecule has 2 rings (SSSR count). The summed E-state index contributed by atoms with van der Waals surface area (Å²) in [4.78, 5) is 4.31. The molecule has 2 nitrogen and oxygen atoms in total. The van der Waals surface area contributed by atoms with Gasteiger partial charge in [-0.1, -0.05) is 6.92 Å². The molecule has 0 spiro atoms. The molecule has 0 aliphatic carbocycles. The highest BCUT2D eigenvalue weighted by atomic mass is 32.1. The number of aryl methyl sites for hydroxylation is 1. The molecule has 1 heterocycles. The maximum absolute atomic E-state index is 13.8. The average molecular weight is 268 g/mol. The number of nitrogens with two attached hydrogens (primary N) is 1. The summed E-state index contributed by atoms with van der Waals surface area (Å²) in [7, 11) is 0. The Kier molecular flexibility index (Phi) is 3.73. The van der Waals surface area contributed by atoms with Crippen LogP contribution in [-0.2, 0) is 0 Å². The van der Waals surface area contributed by atoms with Gasteiger partial charge in [0, 0.05) is 23.4 Å². The van der Waals surface area contributed by atoms with E-state index in [9.17, 15) is 8.78 Å². The van der Waals surface area contributed by atoms with Crippen molar-refractivity contribution < 1.29 is 8.78 Å². The molecular formula is C13H14F2N2S. The summed E-state index contributed by atoms with van der Waals surface area (Å²) in [5.41, 5.74) is 6.52. The largest absolute Gasteiger partial charge is 0.330 e. The molecule has 2 aromatic rings. The van der Waals surface area contributed by atoms with Crippen molar-refractivity contribution in [2.45, 2.75) is 19.8 Å².